The normalized spacial score (nSPS) is 10.4. The van der Waals surface area contributed by atoms with Gasteiger partial charge in [-0.1, -0.05) is 6.07 Å². The van der Waals surface area contributed by atoms with Crippen LogP contribution >= 0.6 is 0 Å². The first-order valence-electron chi connectivity index (χ1n) is 5.51. The van der Waals surface area contributed by atoms with Crippen molar-refractivity contribution in [3.63, 3.8) is 0 Å². The Labute approximate surface area is 101 Å². The maximum atomic E-state index is 10.9. The largest absolute Gasteiger partial charge is 0.475 e. The van der Waals surface area contributed by atoms with E-state index in [9.17, 15) is 4.79 Å². The van der Waals surface area contributed by atoms with Crippen molar-refractivity contribution in [3.05, 3.63) is 23.9 Å². The number of aromatic nitrogens is 1. The fraction of sp³-hybridized carbons (Fsp3) is 0.500. The van der Waals surface area contributed by atoms with Crippen molar-refractivity contribution in [2.24, 2.45) is 0 Å². The summed E-state index contributed by atoms with van der Waals surface area (Å²) in [5.41, 5.74) is 0.921. The van der Waals surface area contributed by atoms with Gasteiger partial charge in [0.25, 0.3) is 0 Å². The van der Waals surface area contributed by atoms with Crippen LogP contribution in [-0.2, 0) is 16.1 Å². The van der Waals surface area contributed by atoms with Crippen LogP contribution in [0.2, 0.25) is 0 Å². The van der Waals surface area contributed by atoms with Crippen LogP contribution in [0.3, 0.4) is 0 Å². The van der Waals surface area contributed by atoms with Crippen LogP contribution in [0, 0.1) is 0 Å². The molecule has 0 atom stereocenters. The lowest BCUT2D eigenvalue weighted by atomic mass is 10.2. The van der Waals surface area contributed by atoms with E-state index in [-0.39, 0.29) is 18.6 Å². The van der Waals surface area contributed by atoms with Crippen molar-refractivity contribution in [1.82, 2.24) is 10.3 Å². The summed E-state index contributed by atoms with van der Waals surface area (Å²) in [4.78, 5) is 15.1. The van der Waals surface area contributed by atoms with E-state index in [1.165, 1.54) is 7.11 Å². The molecule has 0 amide bonds. The van der Waals surface area contributed by atoms with Crippen LogP contribution in [0.1, 0.15) is 19.4 Å². The van der Waals surface area contributed by atoms with Crippen molar-refractivity contribution in [2.75, 3.05) is 13.7 Å². The lowest BCUT2D eigenvalue weighted by Crippen LogP contribution is -2.24. The Morgan fingerprint density at radius 2 is 2.29 bits per heavy atom. The predicted octanol–water partition coefficient (Wildman–Crippen LogP) is 1.13. The van der Waals surface area contributed by atoms with Gasteiger partial charge in [0.1, 0.15) is 0 Å². The van der Waals surface area contributed by atoms with Gasteiger partial charge in [-0.2, -0.15) is 0 Å². The predicted molar refractivity (Wildman–Crippen MR) is 63.7 cm³/mol. The highest BCUT2D eigenvalue weighted by Gasteiger charge is 2.07. The van der Waals surface area contributed by atoms with Crippen LogP contribution in [0.15, 0.2) is 18.3 Å². The van der Waals surface area contributed by atoms with E-state index in [4.69, 9.17) is 4.74 Å². The Morgan fingerprint density at radius 3 is 2.94 bits per heavy atom. The van der Waals surface area contributed by atoms with E-state index in [2.05, 4.69) is 15.0 Å². The van der Waals surface area contributed by atoms with Crippen molar-refractivity contribution in [2.45, 2.75) is 26.5 Å². The molecule has 1 N–H and O–H groups in total. The van der Waals surface area contributed by atoms with Crippen molar-refractivity contribution < 1.29 is 14.3 Å². The second-order valence-corrected chi connectivity index (χ2v) is 3.81. The van der Waals surface area contributed by atoms with Crippen LogP contribution in [-0.4, -0.2) is 30.7 Å². The zero-order valence-corrected chi connectivity index (χ0v) is 10.4. The van der Waals surface area contributed by atoms with Gasteiger partial charge in [0.2, 0.25) is 5.88 Å². The number of esters is 1. The molecule has 17 heavy (non-hydrogen) atoms. The molecule has 0 spiro atoms. The van der Waals surface area contributed by atoms with E-state index in [0.717, 1.165) is 5.56 Å². The SMILES string of the molecule is COC(=O)CNCc1cccnc1OC(C)C. The van der Waals surface area contributed by atoms with E-state index in [1.807, 2.05) is 26.0 Å². The van der Waals surface area contributed by atoms with Crippen LogP contribution in [0.5, 0.6) is 5.88 Å². The first-order valence-corrected chi connectivity index (χ1v) is 5.51. The summed E-state index contributed by atoms with van der Waals surface area (Å²) in [5, 5.41) is 2.97. The van der Waals surface area contributed by atoms with Gasteiger partial charge in [0.15, 0.2) is 0 Å². The number of carbonyl (C=O) groups excluding carboxylic acids is 1. The Hall–Kier alpha value is -1.62. The van der Waals surface area contributed by atoms with Gasteiger partial charge in [-0.3, -0.25) is 4.79 Å². The molecule has 1 aromatic rings. The topological polar surface area (TPSA) is 60.5 Å². The van der Waals surface area contributed by atoms with Crippen LogP contribution in [0.4, 0.5) is 0 Å². The quantitative estimate of drug-likeness (QED) is 0.753. The Kier molecular flexibility index (Phi) is 5.42. The Balaban J connectivity index is 2.54. The third kappa shape index (κ3) is 4.82. The minimum Gasteiger partial charge on any atom is -0.475 e. The molecule has 0 aliphatic rings. The summed E-state index contributed by atoms with van der Waals surface area (Å²) in [7, 11) is 1.36. The van der Waals surface area contributed by atoms with Crippen molar-refractivity contribution in [1.29, 1.82) is 0 Å². The monoisotopic (exact) mass is 238 g/mol. The third-order valence-corrected chi connectivity index (χ3v) is 2.01. The molecule has 0 aromatic carbocycles. The van der Waals surface area contributed by atoms with E-state index >= 15 is 0 Å². The second-order valence-electron chi connectivity index (χ2n) is 3.81. The van der Waals surface area contributed by atoms with E-state index in [1.54, 1.807) is 6.20 Å². The first-order chi connectivity index (χ1) is 8.13. The zero-order valence-electron chi connectivity index (χ0n) is 10.4. The summed E-state index contributed by atoms with van der Waals surface area (Å²) in [6, 6.07) is 3.75. The molecule has 0 saturated heterocycles. The maximum absolute atomic E-state index is 10.9. The molecule has 0 bridgehead atoms. The molecule has 0 aliphatic heterocycles. The number of nitrogens with zero attached hydrogens (tertiary/aromatic N) is 1. The fourth-order valence-electron chi connectivity index (χ4n) is 1.26. The number of methoxy groups -OCH3 is 1. The average Bonchev–Trinajstić information content (AvgIpc) is 2.30. The highest BCUT2D eigenvalue weighted by Crippen LogP contribution is 2.15. The zero-order chi connectivity index (χ0) is 12.7. The maximum Gasteiger partial charge on any atom is 0.319 e. The van der Waals surface area contributed by atoms with Gasteiger partial charge >= 0.3 is 5.97 Å². The molecule has 1 aromatic heterocycles. The average molecular weight is 238 g/mol. The Bertz CT molecular complexity index is 367. The summed E-state index contributed by atoms with van der Waals surface area (Å²) in [6.45, 7) is 4.58. The van der Waals surface area contributed by atoms with Crippen LogP contribution in [0.25, 0.3) is 0 Å². The molecule has 0 fully saturated rings. The number of rotatable bonds is 6. The molecular weight excluding hydrogens is 220 g/mol. The number of nitrogens with one attached hydrogen (secondary N) is 1. The molecule has 0 unspecified atom stereocenters. The summed E-state index contributed by atoms with van der Waals surface area (Å²) >= 11 is 0. The lowest BCUT2D eigenvalue weighted by molar-refractivity contribution is -0.139. The number of pyridine rings is 1. The van der Waals surface area contributed by atoms with Gasteiger partial charge in [0, 0.05) is 18.3 Å². The molecule has 1 heterocycles. The summed E-state index contributed by atoms with van der Waals surface area (Å²) in [6.07, 6.45) is 1.76. The molecular formula is C12H18N2O3. The van der Waals surface area contributed by atoms with Crippen molar-refractivity contribution in [3.8, 4) is 5.88 Å². The van der Waals surface area contributed by atoms with E-state index in [0.29, 0.717) is 12.4 Å². The first kappa shape index (κ1) is 13.4. The van der Waals surface area contributed by atoms with Crippen molar-refractivity contribution >= 4 is 5.97 Å². The molecule has 0 aliphatic carbocycles. The smallest absolute Gasteiger partial charge is 0.319 e. The van der Waals surface area contributed by atoms with E-state index < -0.39 is 0 Å². The van der Waals surface area contributed by atoms with Gasteiger partial charge in [-0.15, -0.1) is 0 Å². The number of ether oxygens (including phenoxy) is 2. The third-order valence-electron chi connectivity index (χ3n) is 2.01. The standard InChI is InChI=1S/C12H18N2O3/c1-9(2)17-12-10(5-4-6-14-12)7-13-8-11(15)16-3/h4-6,9,13H,7-8H2,1-3H3. The molecule has 5 nitrogen and oxygen atoms in total. The Morgan fingerprint density at radius 1 is 1.53 bits per heavy atom. The fourth-order valence-corrected chi connectivity index (χ4v) is 1.26. The lowest BCUT2D eigenvalue weighted by Gasteiger charge is -2.12. The van der Waals surface area contributed by atoms with Gasteiger partial charge < -0.3 is 14.8 Å². The second kappa shape index (κ2) is 6.85. The highest BCUT2D eigenvalue weighted by atomic mass is 16.5. The number of hydrogen-bond acceptors (Lipinski definition) is 5. The molecule has 0 radical (unpaired) electrons. The molecule has 94 valence electrons. The van der Waals surface area contributed by atoms with Crippen LogP contribution < -0.4 is 10.1 Å². The minimum atomic E-state index is -0.291. The molecule has 5 heteroatoms. The summed E-state index contributed by atoms with van der Waals surface area (Å²) in [5.74, 6) is 0.306. The van der Waals surface area contributed by atoms with Gasteiger partial charge in [-0.25, -0.2) is 4.98 Å². The number of carbonyl (C=O) groups is 1. The minimum absolute atomic E-state index is 0.0734. The summed E-state index contributed by atoms with van der Waals surface area (Å²) < 4.78 is 10.1. The number of hydrogen-bond donors (Lipinski definition) is 1. The highest BCUT2D eigenvalue weighted by molar-refractivity contribution is 5.71. The molecule has 1 rings (SSSR count). The molecule has 0 saturated carbocycles. The van der Waals surface area contributed by atoms with Gasteiger partial charge in [-0.05, 0) is 19.9 Å². The van der Waals surface area contributed by atoms with Gasteiger partial charge in [0.05, 0.1) is 19.8 Å².